The van der Waals surface area contributed by atoms with Gasteiger partial charge < -0.3 is 11.1 Å². The zero-order valence-electron chi connectivity index (χ0n) is 12.7. The standard InChI is InChI=1S/C18H14N6/c19-12-14(11-13-7-3-1-4-8-13)16-22-17(20)24-18(23-16)21-15-9-5-2-6-10-15/h1-11H,(H3,20,21,22,23,24)/b14-11-. The minimum absolute atomic E-state index is 0.0487. The number of nitrogens with two attached hydrogens (primary N) is 1. The second-order valence-electron chi connectivity index (χ2n) is 4.91. The highest BCUT2D eigenvalue weighted by atomic mass is 15.2. The Morgan fingerprint density at radius 2 is 1.62 bits per heavy atom. The minimum Gasteiger partial charge on any atom is -0.368 e. The van der Waals surface area contributed by atoms with E-state index in [0.717, 1.165) is 11.3 Å². The Morgan fingerprint density at radius 1 is 0.958 bits per heavy atom. The summed E-state index contributed by atoms with van der Waals surface area (Å²) in [4.78, 5) is 12.4. The lowest BCUT2D eigenvalue weighted by atomic mass is 10.1. The predicted octanol–water partition coefficient (Wildman–Crippen LogP) is 3.26. The van der Waals surface area contributed by atoms with Crippen molar-refractivity contribution in [1.29, 1.82) is 5.26 Å². The fourth-order valence-corrected chi connectivity index (χ4v) is 2.08. The Hall–Kier alpha value is -3.72. The van der Waals surface area contributed by atoms with Gasteiger partial charge in [0.15, 0.2) is 5.82 Å². The molecular formula is C18H14N6. The van der Waals surface area contributed by atoms with Crippen LogP contribution in [0.2, 0.25) is 0 Å². The van der Waals surface area contributed by atoms with Gasteiger partial charge in [-0.2, -0.15) is 20.2 Å². The van der Waals surface area contributed by atoms with Crippen molar-refractivity contribution >= 4 is 29.2 Å². The van der Waals surface area contributed by atoms with E-state index in [9.17, 15) is 5.26 Å². The van der Waals surface area contributed by atoms with E-state index in [2.05, 4.69) is 26.3 Å². The molecule has 0 aliphatic heterocycles. The molecule has 0 aliphatic carbocycles. The summed E-state index contributed by atoms with van der Waals surface area (Å²) in [7, 11) is 0. The first-order valence-corrected chi connectivity index (χ1v) is 7.25. The van der Waals surface area contributed by atoms with Crippen molar-refractivity contribution < 1.29 is 0 Å². The zero-order valence-corrected chi connectivity index (χ0v) is 12.7. The monoisotopic (exact) mass is 314 g/mol. The molecule has 1 aromatic heterocycles. The zero-order chi connectivity index (χ0) is 16.8. The van der Waals surface area contributed by atoms with Gasteiger partial charge in [-0.3, -0.25) is 0 Å². The Balaban J connectivity index is 1.96. The second kappa shape index (κ2) is 7.03. The summed E-state index contributed by atoms with van der Waals surface area (Å²) >= 11 is 0. The van der Waals surface area contributed by atoms with Crippen LogP contribution in [0.5, 0.6) is 0 Å². The highest BCUT2D eigenvalue weighted by Gasteiger charge is 2.10. The normalized spacial score (nSPS) is 10.9. The van der Waals surface area contributed by atoms with Gasteiger partial charge in [-0.05, 0) is 23.8 Å². The molecule has 6 heteroatoms. The number of allylic oxidation sites excluding steroid dienone is 1. The van der Waals surface area contributed by atoms with Crippen LogP contribution in [0.1, 0.15) is 11.4 Å². The number of anilines is 3. The van der Waals surface area contributed by atoms with Crippen molar-refractivity contribution in [2.24, 2.45) is 0 Å². The molecule has 0 bridgehead atoms. The summed E-state index contributed by atoms with van der Waals surface area (Å²) < 4.78 is 0. The van der Waals surface area contributed by atoms with E-state index >= 15 is 0 Å². The molecule has 0 fully saturated rings. The Morgan fingerprint density at radius 3 is 2.29 bits per heavy atom. The van der Waals surface area contributed by atoms with E-state index < -0.39 is 0 Å². The van der Waals surface area contributed by atoms with Gasteiger partial charge in [-0.25, -0.2) is 0 Å². The summed E-state index contributed by atoms with van der Waals surface area (Å²) in [6.07, 6.45) is 1.71. The van der Waals surface area contributed by atoms with Gasteiger partial charge in [0, 0.05) is 5.69 Å². The average molecular weight is 314 g/mol. The Labute approximate surface area is 139 Å². The van der Waals surface area contributed by atoms with Crippen LogP contribution in [0.3, 0.4) is 0 Å². The average Bonchev–Trinajstić information content (AvgIpc) is 2.61. The molecule has 0 saturated carbocycles. The smallest absolute Gasteiger partial charge is 0.232 e. The maximum absolute atomic E-state index is 9.43. The molecule has 3 N–H and O–H groups in total. The number of hydrogen-bond donors (Lipinski definition) is 2. The third-order valence-corrected chi connectivity index (χ3v) is 3.15. The summed E-state index contributed by atoms with van der Waals surface area (Å²) in [6.45, 7) is 0. The van der Waals surface area contributed by atoms with Crippen LogP contribution in [0.15, 0.2) is 60.7 Å². The molecule has 0 aliphatic rings. The number of rotatable bonds is 4. The SMILES string of the molecule is N#C/C(=C/c1ccccc1)c1nc(N)nc(Nc2ccccc2)n1. The summed E-state index contributed by atoms with van der Waals surface area (Å²) in [5, 5.41) is 12.5. The fraction of sp³-hybridized carbons (Fsp3) is 0. The number of nitrogens with zero attached hydrogens (tertiary/aromatic N) is 4. The van der Waals surface area contributed by atoms with Gasteiger partial charge in [-0.15, -0.1) is 0 Å². The van der Waals surface area contributed by atoms with E-state index in [1.54, 1.807) is 6.08 Å². The molecule has 1 heterocycles. The molecule has 24 heavy (non-hydrogen) atoms. The Kier molecular flexibility index (Phi) is 4.45. The lowest BCUT2D eigenvalue weighted by Gasteiger charge is -2.06. The topological polar surface area (TPSA) is 101 Å². The third kappa shape index (κ3) is 3.72. The first kappa shape index (κ1) is 15.2. The number of nitrogen functional groups attached to an aromatic ring is 1. The second-order valence-corrected chi connectivity index (χ2v) is 4.91. The minimum atomic E-state index is 0.0487. The van der Waals surface area contributed by atoms with Crippen LogP contribution in [0.25, 0.3) is 11.6 Å². The number of para-hydroxylation sites is 1. The molecule has 0 spiro atoms. The van der Waals surface area contributed by atoms with E-state index in [4.69, 9.17) is 5.73 Å². The molecule has 0 amide bonds. The van der Waals surface area contributed by atoms with Crippen molar-refractivity contribution in [2.45, 2.75) is 0 Å². The molecule has 0 radical (unpaired) electrons. The van der Waals surface area contributed by atoms with Gasteiger partial charge >= 0.3 is 0 Å². The fourth-order valence-electron chi connectivity index (χ4n) is 2.08. The van der Waals surface area contributed by atoms with Crippen LogP contribution in [0, 0.1) is 11.3 Å². The molecule has 0 atom stereocenters. The van der Waals surface area contributed by atoms with Crippen LogP contribution in [-0.4, -0.2) is 15.0 Å². The number of benzene rings is 2. The van der Waals surface area contributed by atoms with Gasteiger partial charge in [0.2, 0.25) is 11.9 Å². The summed E-state index contributed by atoms with van der Waals surface area (Å²) in [5.74, 6) is 0.567. The van der Waals surface area contributed by atoms with Crippen LogP contribution >= 0.6 is 0 Å². The van der Waals surface area contributed by atoms with Crippen molar-refractivity contribution in [3.05, 3.63) is 72.1 Å². The largest absolute Gasteiger partial charge is 0.368 e. The molecular weight excluding hydrogens is 300 g/mol. The van der Waals surface area contributed by atoms with Gasteiger partial charge in [-0.1, -0.05) is 48.5 Å². The molecule has 6 nitrogen and oxygen atoms in total. The number of aromatic nitrogens is 3. The first-order chi connectivity index (χ1) is 11.7. The molecule has 0 saturated heterocycles. The van der Waals surface area contributed by atoms with Crippen molar-refractivity contribution in [1.82, 2.24) is 15.0 Å². The maximum Gasteiger partial charge on any atom is 0.232 e. The first-order valence-electron chi connectivity index (χ1n) is 7.25. The predicted molar refractivity (Wildman–Crippen MR) is 93.9 cm³/mol. The van der Waals surface area contributed by atoms with Crippen molar-refractivity contribution in [2.75, 3.05) is 11.1 Å². The molecule has 0 unspecified atom stereocenters. The quantitative estimate of drug-likeness (QED) is 0.717. The van der Waals surface area contributed by atoms with E-state index in [1.165, 1.54) is 0 Å². The van der Waals surface area contributed by atoms with Crippen LogP contribution in [0.4, 0.5) is 17.6 Å². The number of hydrogen-bond acceptors (Lipinski definition) is 6. The highest BCUT2D eigenvalue weighted by Crippen LogP contribution is 2.18. The van der Waals surface area contributed by atoms with Crippen LogP contribution < -0.4 is 11.1 Å². The lowest BCUT2D eigenvalue weighted by Crippen LogP contribution is -2.06. The highest BCUT2D eigenvalue weighted by molar-refractivity contribution is 5.87. The van der Waals surface area contributed by atoms with Crippen molar-refractivity contribution in [3.8, 4) is 6.07 Å². The summed E-state index contributed by atoms with van der Waals surface area (Å²) in [5.41, 5.74) is 7.77. The Bertz CT molecular complexity index is 898. The summed E-state index contributed by atoms with van der Waals surface area (Å²) in [6, 6.07) is 21.1. The van der Waals surface area contributed by atoms with Gasteiger partial charge in [0.25, 0.3) is 0 Å². The number of nitrogens with one attached hydrogen (secondary N) is 1. The van der Waals surface area contributed by atoms with E-state index in [0.29, 0.717) is 5.57 Å². The van der Waals surface area contributed by atoms with Crippen molar-refractivity contribution in [3.63, 3.8) is 0 Å². The maximum atomic E-state index is 9.43. The van der Waals surface area contributed by atoms with Gasteiger partial charge in [0.1, 0.15) is 6.07 Å². The third-order valence-electron chi connectivity index (χ3n) is 3.15. The number of nitriles is 1. The molecule has 3 rings (SSSR count). The van der Waals surface area contributed by atoms with Gasteiger partial charge in [0.05, 0.1) is 5.57 Å². The molecule has 2 aromatic carbocycles. The van der Waals surface area contributed by atoms with E-state index in [1.807, 2.05) is 60.7 Å². The molecule has 116 valence electrons. The molecule has 3 aromatic rings. The lowest BCUT2D eigenvalue weighted by molar-refractivity contribution is 1.04. The van der Waals surface area contributed by atoms with E-state index in [-0.39, 0.29) is 17.7 Å². The van der Waals surface area contributed by atoms with Crippen LogP contribution in [-0.2, 0) is 0 Å².